The summed E-state index contributed by atoms with van der Waals surface area (Å²) in [7, 11) is 0. The van der Waals surface area contributed by atoms with Crippen LogP contribution >= 0.6 is 11.8 Å². The summed E-state index contributed by atoms with van der Waals surface area (Å²) in [5.74, 6) is 0. The lowest BCUT2D eigenvalue weighted by atomic mass is 10.2. The molecule has 0 radical (unpaired) electrons. The zero-order valence-corrected chi connectivity index (χ0v) is 11.4. The van der Waals surface area contributed by atoms with Crippen molar-refractivity contribution in [3.63, 3.8) is 0 Å². The molecule has 0 bridgehead atoms. The number of fused-ring (bicyclic) bond motifs is 1. The number of nitrogen functional groups attached to an aromatic ring is 1. The zero-order chi connectivity index (χ0) is 13.2. The summed E-state index contributed by atoms with van der Waals surface area (Å²) in [5.41, 5.74) is 8.78. The van der Waals surface area contributed by atoms with Crippen molar-refractivity contribution < 1.29 is 0 Å². The lowest BCUT2D eigenvalue weighted by Gasteiger charge is -2.08. The molecule has 0 unspecified atom stereocenters. The number of nitrogens with two attached hydrogens (primary N) is 1. The SMILES string of the molecule is Cc1ccccc1Sc1ccnc2cc(N)ccc12. The maximum Gasteiger partial charge on any atom is 0.0733 e. The molecule has 2 nitrogen and oxygen atoms in total. The predicted octanol–water partition coefficient (Wildman–Crippen LogP) is 4.28. The highest BCUT2D eigenvalue weighted by atomic mass is 32.2. The smallest absolute Gasteiger partial charge is 0.0733 e. The van der Waals surface area contributed by atoms with Crippen LogP contribution in [0.25, 0.3) is 10.9 Å². The maximum atomic E-state index is 5.80. The fourth-order valence-electron chi connectivity index (χ4n) is 2.02. The highest BCUT2D eigenvalue weighted by Gasteiger charge is 2.05. The molecule has 1 aromatic heterocycles. The van der Waals surface area contributed by atoms with Crippen LogP contribution in [0.2, 0.25) is 0 Å². The fraction of sp³-hybridized carbons (Fsp3) is 0.0625. The number of hydrogen-bond acceptors (Lipinski definition) is 3. The first kappa shape index (κ1) is 12.1. The van der Waals surface area contributed by atoms with E-state index in [1.165, 1.54) is 15.4 Å². The molecule has 0 amide bonds. The van der Waals surface area contributed by atoms with Gasteiger partial charge < -0.3 is 5.73 Å². The summed E-state index contributed by atoms with van der Waals surface area (Å²) >= 11 is 1.77. The Kier molecular flexibility index (Phi) is 3.13. The van der Waals surface area contributed by atoms with Gasteiger partial charge in [0.1, 0.15) is 0 Å². The number of aromatic nitrogens is 1. The van der Waals surface area contributed by atoms with Crippen LogP contribution in [-0.4, -0.2) is 4.98 Å². The van der Waals surface area contributed by atoms with Gasteiger partial charge in [-0.3, -0.25) is 4.98 Å². The molecule has 0 fully saturated rings. The third-order valence-electron chi connectivity index (χ3n) is 3.04. The van der Waals surface area contributed by atoms with Gasteiger partial charge in [0, 0.05) is 27.1 Å². The minimum Gasteiger partial charge on any atom is -0.399 e. The van der Waals surface area contributed by atoms with Crippen molar-refractivity contribution in [3.8, 4) is 0 Å². The van der Waals surface area contributed by atoms with Crippen molar-refractivity contribution in [1.29, 1.82) is 0 Å². The lowest BCUT2D eigenvalue weighted by Crippen LogP contribution is -1.87. The highest BCUT2D eigenvalue weighted by Crippen LogP contribution is 2.34. The molecule has 2 aromatic carbocycles. The zero-order valence-electron chi connectivity index (χ0n) is 10.6. The topological polar surface area (TPSA) is 38.9 Å². The van der Waals surface area contributed by atoms with Crippen LogP contribution in [0.5, 0.6) is 0 Å². The lowest BCUT2D eigenvalue weighted by molar-refractivity contribution is 1.29. The molecule has 3 rings (SSSR count). The number of rotatable bonds is 2. The van der Waals surface area contributed by atoms with Crippen LogP contribution in [0, 0.1) is 6.92 Å². The van der Waals surface area contributed by atoms with Crippen LogP contribution in [-0.2, 0) is 0 Å². The van der Waals surface area contributed by atoms with Crippen molar-refractivity contribution >= 4 is 28.4 Å². The minimum atomic E-state index is 0.748. The molecule has 0 atom stereocenters. The van der Waals surface area contributed by atoms with E-state index in [-0.39, 0.29) is 0 Å². The van der Waals surface area contributed by atoms with Gasteiger partial charge in [0.25, 0.3) is 0 Å². The third kappa shape index (κ3) is 2.42. The number of hydrogen-bond donors (Lipinski definition) is 1. The number of anilines is 1. The van der Waals surface area contributed by atoms with E-state index in [9.17, 15) is 0 Å². The summed E-state index contributed by atoms with van der Waals surface area (Å²) < 4.78 is 0. The highest BCUT2D eigenvalue weighted by molar-refractivity contribution is 7.99. The van der Waals surface area contributed by atoms with E-state index < -0.39 is 0 Å². The first-order valence-electron chi connectivity index (χ1n) is 6.12. The Labute approximate surface area is 116 Å². The van der Waals surface area contributed by atoms with Gasteiger partial charge in [-0.1, -0.05) is 30.0 Å². The Bertz CT molecular complexity index is 738. The second-order valence-corrected chi connectivity index (χ2v) is 5.54. The van der Waals surface area contributed by atoms with Gasteiger partial charge in [-0.25, -0.2) is 0 Å². The third-order valence-corrected chi connectivity index (χ3v) is 4.29. The summed E-state index contributed by atoms with van der Waals surface area (Å²) in [4.78, 5) is 6.85. The normalized spacial score (nSPS) is 10.8. The van der Waals surface area contributed by atoms with Gasteiger partial charge in [0.15, 0.2) is 0 Å². The summed E-state index contributed by atoms with van der Waals surface area (Å²) in [5, 5.41) is 1.14. The number of aryl methyl sites for hydroxylation is 1. The molecular weight excluding hydrogens is 252 g/mol. The molecule has 3 heteroatoms. The van der Waals surface area contributed by atoms with Gasteiger partial charge in [0.2, 0.25) is 0 Å². The summed E-state index contributed by atoms with van der Waals surface area (Å²) in [6.07, 6.45) is 1.84. The molecule has 94 valence electrons. The van der Waals surface area contributed by atoms with Crippen molar-refractivity contribution in [2.24, 2.45) is 0 Å². The average Bonchev–Trinajstić information content (AvgIpc) is 2.41. The van der Waals surface area contributed by atoms with Crippen molar-refractivity contribution in [3.05, 3.63) is 60.3 Å². The maximum absolute atomic E-state index is 5.80. The predicted molar refractivity (Wildman–Crippen MR) is 81.5 cm³/mol. The van der Waals surface area contributed by atoms with E-state index in [0.717, 1.165) is 16.6 Å². The van der Waals surface area contributed by atoms with Crippen LogP contribution in [0.1, 0.15) is 5.56 Å². The fourth-order valence-corrected chi connectivity index (χ4v) is 3.04. The number of benzene rings is 2. The second kappa shape index (κ2) is 4.94. The molecule has 2 N–H and O–H groups in total. The van der Waals surface area contributed by atoms with Crippen LogP contribution in [0.3, 0.4) is 0 Å². The van der Waals surface area contributed by atoms with Gasteiger partial charge in [-0.2, -0.15) is 0 Å². The molecule has 0 spiro atoms. The van der Waals surface area contributed by atoms with Crippen LogP contribution in [0.15, 0.2) is 64.5 Å². The second-order valence-electron chi connectivity index (χ2n) is 4.45. The Hall–Kier alpha value is -2.00. The number of nitrogens with zero attached hydrogens (tertiary/aromatic N) is 1. The molecule has 0 saturated heterocycles. The Morgan fingerprint density at radius 2 is 1.84 bits per heavy atom. The van der Waals surface area contributed by atoms with Crippen LogP contribution in [0.4, 0.5) is 5.69 Å². The van der Waals surface area contributed by atoms with Crippen molar-refractivity contribution in [2.45, 2.75) is 16.7 Å². The first-order valence-corrected chi connectivity index (χ1v) is 6.93. The largest absolute Gasteiger partial charge is 0.399 e. The Balaban J connectivity index is 2.09. The van der Waals surface area contributed by atoms with E-state index in [1.807, 2.05) is 24.4 Å². The molecule has 0 aliphatic carbocycles. The molecular formula is C16H14N2S. The molecule has 0 aliphatic rings. The molecule has 1 heterocycles. The Morgan fingerprint density at radius 1 is 1.00 bits per heavy atom. The van der Waals surface area contributed by atoms with E-state index >= 15 is 0 Å². The molecule has 0 aliphatic heterocycles. The monoisotopic (exact) mass is 266 g/mol. The van der Waals surface area contributed by atoms with Crippen molar-refractivity contribution in [1.82, 2.24) is 4.98 Å². The molecule has 19 heavy (non-hydrogen) atoms. The van der Waals surface area contributed by atoms with Crippen LogP contribution < -0.4 is 5.73 Å². The molecule has 0 saturated carbocycles. The summed E-state index contributed by atoms with van der Waals surface area (Å²) in [6.45, 7) is 2.13. The average molecular weight is 266 g/mol. The van der Waals surface area contributed by atoms with Gasteiger partial charge in [0.05, 0.1) is 5.52 Å². The molecule has 3 aromatic rings. The van der Waals surface area contributed by atoms with E-state index in [1.54, 1.807) is 11.8 Å². The minimum absolute atomic E-state index is 0.748. The Morgan fingerprint density at radius 3 is 2.68 bits per heavy atom. The standard InChI is InChI=1S/C16H14N2S/c1-11-4-2-3-5-15(11)19-16-8-9-18-14-10-12(17)6-7-13(14)16/h2-10H,17H2,1H3. The van der Waals surface area contributed by atoms with E-state index in [0.29, 0.717) is 0 Å². The van der Waals surface area contributed by atoms with Gasteiger partial charge in [-0.15, -0.1) is 0 Å². The van der Waals surface area contributed by atoms with E-state index in [2.05, 4.69) is 42.2 Å². The summed E-state index contributed by atoms with van der Waals surface area (Å²) in [6, 6.07) is 16.3. The van der Waals surface area contributed by atoms with Crippen molar-refractivity contribution in [2.75, 3.05) is 5.73 Å². The van der Waals surface area contributed by atoms with E-state index in [4.69, 9.17) is 5.73 Å². The quantitative estimate of drug-likeness (QED) is 0.704. The van der Waals surface area contributed by atoms with Gasteiger partial charge in [-0.05, 0) is 42.8 Å². The van der Waals surface area contributed by atoms with Gasteiger partial charge >= 0.3 is 0 Å². The number of pyridine rings is 1. The first-order chi connectivity index (χ1) is 9.24.